The van der Waals surface area contributed by atoms with Gasteiger partial charge in [-0.2, -0.15) is 17.5 Å². The number of ether oxygens (including phenoxy) is 2. The molecule has 0 aromatic heterocycles. The van der Waals surface area contributed by atoms with E-state index < -0.39 is 27.9 Å². The second kappa shape index (κ2) is 7.97. The van der Waals surface area contributed by atoms with Crippen LogP contribution in [0.4, 0.5) is 13.2 Å². The van der Waals surface area contributed by atoms with Gasteiger partial charge in [0, 0.05) is 13.1 Å². The molecule has 0 radical (unpaired) electrons. The van der Waals surface area contributed by atoms with E-state index in [1.807, 2.05) is 13.8 Å². The van der Waals surface area contributed by atoms with Crippen molar-refractivity contribution in [2.75, 3.05) is 26.8 Å². The van der Waals surface area contributed by atoms with Crippen LogP contribution in [0.2, 0.25) is 0 Å². The van der Waals surface area contributed by atoms with Crippen molar-refractivity contribution in [2.45, 2.75) is 31.0 Å². The van der Waals surface area contributed by atoms with Crippen molar-refractivity contribution in [2.24, 2.45) is 0 Å². The van der Waals surface area contributed by atoms with Crippen molar-refractivity contribution in [3.63, 3.8) is 0 Å². The predicted octanol–water partition coefficient (Wildman–Crippen LogP) is 4.09. The highest BCUT2D eigenvalue weighted by Gasteiger charge is 2.34. The van der Waals surface area contributed by atoms with Gasteiger partial charge in [0.2, 0.25) is 10.0 Å². The summed E-state index contributed by atoms with van der Waals surface area (Å²) in [6.07, 6.45) is -5.08. The van der Waals surface area contributed by atoms with Crippen LogP contribution in [-0.2, 0) is 20.9 Å². The molecule has 1 saturated heterocycles. The van der Waals surface area contributed by atoms with Crippen LogP contribution in [0.1, 0.15) is 28.4 Å². The van der Waals surface area contributed by atoms with Gasteiger partial charge in [-0.1, -0.05) is 12.1 Å². The third kappa shape index (κ3) is 4.41. The fourth-order valence-corrected chi connectivity index (χ4v) is 4.84. The second-order valence-corrected chi connectivity index (χ2v) is 8.84. The highest BCUT2D eigenvalue weighted by molar-refractivity contribution is 7.89. The summed E-state index contributed by atoms with van der Waals surface area (Å²) in [5, 5.41) is 0. The summed E-state index contributed by atoms with van der Waals surface area (Å²) in [5.41, 5.74) is 1.45. The van der Waals surface area contributed by atoms with E-state index in [4.69, 9.17) is 9.47 Å². The van der Waals surface area contributed by atoms with E-state index in [0.717, 1.165) is 23.3 Å². The molecular weight excluding hydrogens is 407 g/mol. The minimum atomic E-state index is -4.43. The number of rotatable bonds is 4. The number of nitrogens with zero attached hydrogens (tertiary/aromatic N) is 1. The number of hydrogen-bond donors (Lipinski definition) is 0. The maximum Gasteiger partial charge on any atom is 0.416 e. The number of sulfonamides is 1. The molecule has 0 aliphatic carbocycles. The van der Waals surface area contributed by atoms with Gasteiger partial charge < -0.3 is 9.47 Å². The van der Waals surface area contributed by atoms with Gasteiger partial charge in [0.25, 0.3) is 0 Å². The van der Waals surface area contributed by atoms with Crippen molar-refractivity contribution in [3.05, 3.63) is 58.7 Å². The summed E-state index contributed by atoms with van der Waals surface area (Å²) in [6.45, 7) is 3.97. The minimum Gasteiger partial charge on any atom is -0.495 e. The molecule has 29 heavy (non-hydrogen) atoms. The van der Waals surface area contributed by atoms with Crippen LogP contribution in [0.3, 0.4) is 0 Å². The van der Waals surface area contributed by atoms with Gasteiger partial charge in [-0.15, -0.1) is 0 Å². The number of morpholine rings is 1. The molecule has 1 heterocycles. The predicted molar refractivity (Wildman–Crippen MR) is 101 cm³/mol. The molecule has 1 atom stereocenters. The highest BCUT2D eigenvalue weighted by atomic mass is 32.2. The molecule has 0 saturated carbocycles. The monoisotopic (exact) mass is 429 g/mol. The number of halogens is 3. The molecule has 9 heteroatoms. The second-order valence-electron chi connectivity index (χ2n) is 6.93. The van der Waals surface area contributed by atoms with Crippen LogP contribution >= 0.6 is 0 Å². The Morgan fingerprint density at radius 1 is 1.10 bits per heavy atom. The molecule has 1 aliphatic heterocycles. The Balaban J connectivity index is 1.88. The van der Waals surface area contributed by atoms with E-state index in [1.54, 1.807) is 12.1 Å². The summed E-state index contributed by atoms with van der Waals surface area (Å²) in [7, 11) is -2.46. The standard InChI is InChI=1S/C20H22F3NO4S/c1-13-10-17(27-3)19(11-14(13)2)29(25,26)24-8-9-28-18(12-24)15-4-6-16(7-5-15)20(21,22)23/h4-7,10-11,18H,8-9,12H2,1-3H3/t18-/m0/s1. The summed E-state index contributed by atoms with van der Waals surface area (Å²) in [4.78, 5) is 0.0659. The number of methoxy groups -OCH3 is 1. The van der Waals surface area contributed by atoms with E-state index in [-0.39, 0.29) is 30.3 Å². The van der Waals surface area contributed by atoms with Crippen molar-refractivity contribution >= 4 is 10.0 Å². The average Bonchev–Trinajstić information content (AvgIpc) is 2.69. The number of benzene rings is 2. The van der Waals surface area contributed by atoms with Crippen LogP contribution in [0.5, 0.6) is 5.75 Å². The Kier molecular flexibility index (Phi) is 5.93. The van der Waals surface area contributed by atoms with Gasteiger partial charge in [0.1, 0.15) is 10.6 Å². The first-order valence-corrected chi connectivity index (χ1v) is 10.4. The lowest BCUT2D eigenvalue weighted by atomic mass is 10.1. The minimum absolute atomic E-state index is 0.00375. The molecule has 3 rings (SSSR count). The molecule has 0 bridgehead atoms. The van der Waals surface area contributed by atoms with Crippen LogP contribution in [0.15, 0.2) is 41.3 Å². The molecule has 158 valence electrons. The highest BCUT2D eigenvalue weighted by Crippen LogP contribution is 2.34. The Morgan fingerprint density at radius 2 is 1.72 bits per heavy atom. The van der Waals surface area contributed by atoms with Crippen LogP contribution in [0, 0.1) is 13.8 Å². The number of aryl methyl sites for hydroxylation is 2. The number of hydrogen-bond acceptors (Lipinski definition) is 4. The fraction of sp³-hybridized carbons (Fsp3) is 0.400. The van der Waals surface area contributed by atoms with E-state index in [0.29, 0.717) is 5.56 Å². The maximum atomic E-state index is 13.2. The van der Waals surface area contributed by atoms with Crippen LogP contribution in [-0.4, -0.2) is 39.5 Å². The maximum absolute atomic E-state index is 13.2. The molecule has 0 N–H and O–H groups in total. The van der Waals surface area contributed by atoms with E-state index >= 15 is 0 Å². The largest absolute Gasteiger partial charge is 0.495 e. The first kappa shape index (κ1) is 21.6. The third-order valence-electron chi connectivity index (χ3n) is 5.04. The fourth-order valence-electron chi connectivity index (χ4n) is 3.20. The van der Waals surface area contributed by atoms with Crippen molar-refractivity contribution in [1.29, 1.82) is 0 Å². The molecule has 0 amide bonds. The lowest BCUT2D eigenvalue weighted by Crippen LogP contribution is -2.42. The topological polar surface area (TPSA) is 55.8 Å². The Morgan fingerprint density at radius 3 is 2.31 bits per heavy atom. The SMILES string of the molecule is COc1cc(C)c(C)cc1S(=O)(=O)N1CCO[C@H](c2ccc(C(F)(F)F)cc2)C1. The van der Waals surface area contributed by atoms with Gasteiger partial charge in [-0.3, -0.25) is 0 Å². The molecular formula is C20H22F3NO4S. The van der Waals surface area contributed by atoms with Gasteiger partial charge >= 0.3 is 6.18 Å². The van der Waals surface area contributed by atoms with Crippen molar-refractivity contribution in [3.8, 4) is 5.75 Å². The average molecular weight is 429 g/mol. The lowest BCUT2D eigenvalue weighted by Gasteiger charge is -2.33. The van der Waals surface area contributed by atoms with Gasteiger partial charge in [-0.05, 0) is 54.8 Å². The normalized spacial score (nSPS) is 18.6. The first-order valence-electron chi connectivity index (χ1n) is 8.98. The molecule has 0 spiro atoms. The smallest absolute Gasteiger partial charge is 0.416 e. The molecule has 5 nitrogen and oxygen atoms in total. The Labute approximate surface area is 168 Å². The first-order chi connectivity index (χ1) is 13.5. The summed E-state index contributed by atoms with van der Waals surface area (Å²) in [6, 6.07) is 7.83. The zero-order valence-electron chi connectivity index (χ0n) is 16.3. The lowest BCUT2D eigenvalue weighted by molar-refractivity contribution is -0.137. The zero-order valence-corrected chi connectivity index (χ0v) is 17.1. The van der Waals surface area contributed by atoms with E-state index in [2.05, 4.69) is 0 Å². The summed E-state index contributed by atoms with van der Waals surface area (Å²) in [5.74, 6) is 0.255. The summed E-state index contributed by atoms with van der Waals surface area (Å²) < 4.78 is 77.0. The van der Waals surface area contributed by atoms with Gasteiger partial charge in [-0.25, -0.2) is 8.42 Å². The van der Waals surface area contributed by atoms with E-state index in [1.165, 1.54) is 23.5 Å². The van der Waals surface area contributed by atoms with Crippen molar-refractivity contribution in [1.82, 2.24) is 4.31 Å². The summed E-state index contributed by atoms with van der Waals surface area (Å²) >= 11 is 0. The van der Waals surface area contributed by atoms with Crippen LogP contribution in [0.25, 0.3) is 0 Å². The Hall–Kier alpha value is -2.10. The van der Waals surface area contributed by atoms with E-state index in [9.17, 15) is 21.6 Å². The quantitative estimate of drug-likeness (QED) is 0.735. The molecule has 2 aromatic carbocycles. The molecule has 1 fully saturated rings. The van der Waals surface area contributed by atoms with Gasteiger partial charge in [0.05, 0.1) is 25.4 Å². The number of alkyl halides is 3. The zero-order chi connectivity index (χ0) is 21.4. The third-order valence-corrected chi connectivity index (χ3v) is 6.92. The van der Waals surface area contributed by atoms with Crippen molar-refractivity contribution < 1.29 is 31.1 Å². The Bertz CT molecular complexity index is 988. The van der Waals surface area contributed by atoms with Crippen LogP contribution < -0.4 is 4.74 Å². The molecule has 1 aliphatic rings. The molecule has 0 unspecified atom stereocenters. The molecule has 2 aromatic rings. The van der Waals surface area contributed by atoms with Gasteiger partial charge in [0.15, 0.2) is 0 Å².